The summed E-state index contributed by atoms with van der Waals surface area (Å²) < 4.78 is 28.3. The second-order valence-corrected chi connectivity index (χ2v) is 9.13. The lowest BCUT2D eigenvalue weighted by Crippen LogP contribution is -2.34. The minimum atomic E-state index is -3.61. The van der Waals surface area contributed by atoms with Gasteiger partial charge in [-0.05, 0) is 42.2 Å². The first kappa shape index (κ1) is 17.9. The maximum Gasteiger partial charge on any atom is 0.271 e. The van der Waals surface area contributed by atoms with Gasteiger partial charge in [0, 0.05) is 30.1 Å². The number of sulfonamides is 1. The van der Waals surface area contributed by atoms with Crippen LogP contribution in [0.2, 0.25) is 0 Å². The van der Waals surface area contributed by atoms with Crippen molar-refractivity contribution in [1.82, 2.24) is 4.90 Å². The molecule has 134 valence electrons. The summed E-state index contributed by atoms with van der Waals surface area (Å²) >= 11 is 1.30. The maximum absolute atomic E-state index is 12.7. The number of hydrogen-bond acceptors (Lipinski definition) is 4. The van der Waals surface area contributed by atoms with Crippen LogP contribution in [0, 0.1) is 0 Å². The quantitative estimate of drug-likeness (QED) is 0.867. The highest BCUT2D eigenvalue weighted by molar-refractivity contribution is 7.94. The van der Waals surface area contributed by atoms with Crippen molar-refractivity contribution in [2.45, 2.75) is 43.9 Å². The number of nitrogens with zero attached hydrogens (tertiary/aromatic N) is 1. The molecule has 2 heterocycles. The van der Waals surface area contributed by atoms with Crippen molar-refractivity contribution in [1.29, 1.82) is 0 Å². The summed E-state index contributed by atoms with van der Waals surface area (Å²) in [5, 5.41) is 0. The first-order chi connectivity index (χ1) is 11.9. The first-order valence-corrected chi connectivity index (χ1v) is 10.7. The van der Waals surface area contributed by atoms with Gasteiger partial charge in [-0.3, -0.25) is 9.52 Å². The zero-order chi connectivity index (χ0) is 18.0. The molecule has 0 saturated carbocycles. The van der Waals surface area contributed by atoms with Crippen LogP contribution < -0.4 is 4.72 Å². The molecule has 0 unspecified atom stereocenters. The number of nitrogens with one attached hydrogen (secondary N) is 1. The van der Waals surface area contributed by atoms with E-state index in [1.807, 2.05) is 19.1 Å². The largest absolute Gasteiger partial charge is 0.338 e. The molecule has 0 atom stereocenters. The molecule has 5 nitrogen and oxygen atoms in total. The van der Waals surface area contributed by atoms with Crippen LogP contribution in [0.5, 0.6) is 0 Å². The van der Waals surface area contributed by atoms with Crippen LogP contribution in [-0.4, -0.2) is 25.8 Å². The Balaban J connectivity index is 1.79. The second-order valence-electron chi connectivity index (χ2n) is 6.09. The molecule has 0 radical (unpaired) electrons. The van der Waals surface area contributed by atoms with Crippen LogP contribution in [0.3, 0.4) is 0 Å². The second kappa shape index (κ2) is 7.17. The molecule has 1 aliphatic heterocycles. The van der Waals surface area contributed by atoms with Gasteiger partial charge in [-0.2, -0.15) is 0 Å². The van der Waals surface area contributed by atoms with Gasteiger partial charge in [0.1, 0.15) is 4.21 Å². The third-order valence-electron chi connectivity index (χ3n) is 4.38. The van der Waals surface area contributed by atoms with Crippen molar-refractivity contribution in [3.63, 3.8) is 0 Å². The van der Waals surface area contributed by atoms with Gasteiger partial charge >= 0.3 is 0 Å². The highest BCUT2D eigenvalue weighted by atomic mass is 32.2. The van der Waals surface area contributed by atoms with E-state index < -0.39 is 10.0 Å². The van der Waals surface area contributed by atoms with Gasteiger partial charge in [-0.15, -0.1) is 11.3 Å². The number of anilines is 1. The normalized spacial score (nSPS) is 14.2. The van der Waals surface area contributed by atoms with Crippen LogP contribution in [-0.2, 0) is 34.2 Å². The highest BCUT2D eigenvalue weighted by Gasteiger charge is 2.26. The molecule has 1 aromatic carbocycles. The third kappa shape index (κ3) is 3.88. The average Bonchev–Trinajstić information content (AvgIpc) is 3.05. The fourth-order valence-corrected chi connectivity index (χ4v) is 5.49. The molecule has 0 bridgehead atoms. The van der Waals surface area contributed by atoms with E-state index in [9.17, 15) is 13.2 Å². The number of carbonyl (C=O) groups is 1. The Morgan fingerprint density at radius 1 is 1.24 bits per heavy atom. The number of carbonyl (C=O) groups excluding carboxylic acids is 1. The van der Waals surface area contributed by atoms with Gasteiger partial charge in [-0.1, -0.05) is 26.0 Å². The number of hydrogen-bond donors (Lipinski definition) is 1. The molecule has 1 N–H and O–H groups in total. The summed E-state index contributed by atoms with van der Waals surface area (Å²) in [6.07, 6.45) is 2.10. The van der Waals surface area contributed by atoms with E-state index >= 15 is 0 Å². The zero-order valence-corrected chi connectivity index (χ0v) is 16.0. The third-order valence-corrected chi connectivity index (χ3v) is 7.47. The lowest BCUT2D eigenvalue weighted by Gasteiger charge is -2.26. The molecule has 0 aliphatic carbocycles. The first-order valence-electron chi connectivity index (χ1n) is 8.44. The van der Waals surface area contributed by atoms with E-state index in [0.717, 1.165) is 22.4 Å². The Morgan fingerprint density at radius 3 is 2.60 bits per heavy atom. The van der Waals surface area contributed by atoms with Crippen molar-refractivity contribution >= 4 is 33.0 Å². The number of rotatable bonds is 5. The molecule has 0 fully saturated rings. The summed E-state index contributed by atoms with van der Waals surface area (Å²) in [6.45, 7) is 5.06. The van der Waals surface area contributed by atoms with Crippen molar-refractivity contribution in [2.24, 2.45) is 0 Å². The van der Waals surface area contributed by atoms with Crippen LogP contribution in [0.15, 0.2) is 34.5 Å². The predicted octanol–water partition coefficient (Wildman–Crippen LogP) is 3.41. The average molecular weight is 379 g/mol. The zero-order valence-electron chi connectivity index (χ0n) is 14.4. The van der Waals surface area contributed by atoms with Crippen molar-refractivity contribution in [3.05, 3.63) is 46.3 Å². The van der Waals surface area contributed by atoms with Crippen molar-refractivity contribution in [3.8, 4) is 0 Å². The Hall–Kier alpha value is -1.86. The lowest BCUT2D eigenvalue weighted by molar-refractivity contribution is -0.131. The number of benzene rings is 1. The molecule has 0 spiro atoms. The standard InChI is InChI=1S/C18H22N2O3S2/c1-3-13-5-7-15(8-6-13)19-25(22,23)18-11-14-12-20(17(21)4-2)10-9-16(14)24-18/h5-8,11,19H,3-4,9-10,12H2,1-2H3. The Morgan fingerprint density at radius 2 is 1.96 bits per heavy atom. The molecule has 0 saturated heterocycles. The highest BCUT2D eigenvalue weighted by Crippen LogP contribution is 2.32. The van der Waals surface area contributed by atoms with Crippen LogP contribution in [0.4, 0.5) is 5.69 Å². The van der Waals surface area contributed by atoms with Crippen LogP contribution in [0.25, 0.3) is 0 Å². The fourth-order valence-electron chi connectivity index (χ4n) is 2.89. The number of aryl methyl sites for hydroxylation is 1. The monoisotopic (exact) mass is 378 g/mol. The van der Waals surface area contributed by atoms with E-state index in [4.69, 9.17) is 0 Å². The fraction of sp³-hybridized carbons (Fsp3) is 0.389. The summed E-state index contributed by atoms with van der Waals surface area (Å²) in [4.78, 5) is 14.7. The Kier molecular flexibility index (Phi) is 5.15. The molecule has 2 aromatic rings. The van der Waals surface area contributed by atoms with Gasteiger partial charge in [0.25, 0.3) is 10.0 Å². The molecule has 25 heavy (non-hydrogen) atoms. The summed E-state index contributed by atoms with van der Waals surface area (Å²) in [7, 11) is -3.61. The lowest BCUT2D eigenvalue weighted by atomic mass is 10.1. The SMILES string of the molecule is CCC(=O)N1CCc2sc(S(=O)(=O)Nc3ccc(CC)cc3)cc2C1. The smallest absolute Gasteiger partial charge is 0.271 e. The number of thiophene rings is 1. The van der Waals surface area contributed by atoms with Gasteiger partial charge in [0.15, 0.2) is 0 Å². The predicted molar refractivity (Wildman–Crippen MR) is 100 cm³/mol. The molecule has 1 aromatic heterocycles. The van der Waals surface area contributed by atoms with E-state index in [0.29, 0.717) is 35.8 Å². The summed E-state index contributed by atoms with van der Waals surface area (Å²) in [5.41, 5.74) is 2.67. The van der Waals surface area contributed by atoms with E-state index in [1.165, 1.54) is 11.3 Å². The van der Waals surface area contributed by atoms with Gasteiger partial charge in [0.2, 0.25) is 5.91 Å². The van der Waals surface area contributed by atoms with E-state index in [2.05, 4.69) is 11.6 Å². The van der Waals surface area contributed by atoms with Crippen molar-refractivity contribution in [2.75, 3.05) is 11.3 Å². The Bertz CT molecular complexity index is 870. The van der Waals surface area contributed by atoms with E-state index in [1.54, 1.807) is 23.1 Å². The topological polar surface area (TPSA) is 66.5 Å². The maximum atomic E-state index is 12.7. The molecule has 1 amide bonds. The molecular formula is C18H22N2O3S2. The van der Waals surface area contributed by atoms with Crippen molar-refractivity contribution < 1.29 is 13.2 Å². The van der Waals surface area contributed by atoms with Crippen LogP contribution in [0.1, 0.15) is 36.3 Å². The number of amides is 1. The Labute approximate surface area is 152 Å². The van der Waals surface area contributed by atoms with Gasteiger partial charge in [-0.25, -0.2) is 8.42 Å². The molecule has 7 heteroatoms. The van der Waals surface area contributed by atoms with Gasteiger partial charge < -0.3 is 4.90 Å². The molecule has 3 rings (SSSR count). The minimum absolute atomic E-state index is 0.107. The molecular weight excluding hydrogens is 356 g/mol. The summed E-state index contributed by atoms with van der Waals surface area (Å²) in [6, 6.07) is 9.12. The number of fused-ring (bicyclic) bond motifs is 1. The molecule has 1 aliphatic rings. The van der Waals surface area contributed by atoms with Crippen LogP contribution >= 0.6 is 11.3 Å². The summed E-state index contributed by atoms with van der Waals surface area (Å²) in [5.74, 6) is 0.107. The van der Waals surface area contributed by atoms with Gasteiger partial charge in [0.05, 0.1) is 0 Å². The van der Waals surface area contributed by atoms with E-state index in [-0.39, 0.29) is 5.91 Å². The minimum Gasteiger partial charge on any atom is -0.338 e.